The molecule has 0 amide bonds. The first kappa shape index (κ1) is 12.9. The molecule has 1 aromatic carbocycles. The summed E-state index contributed by atoms with van der Waals surface area (Å²) in [7, 11) is 5.91. The molecule has 2 heterocycles. The maximum Gasteiger partial charge on any atom is 0.265 e. The van der Waals surface area contributed by atoms with Crippen LogP contribution in [0.15, 0.2) is 47.4 Å². The molecule has 3 aromatic rings. The number of hydrogen-bond acceptors (Lipinski definition) is 2. The van der Waals surface area contributed by atoms with Gasteiger partial charge in [-0.05, 0) is 47.4 Å². The van der Waals surface area contributed by atoms with E-state index in [1.165, 1.54) is 35.0 Å². The molecule has 0 saturated heterocycles. The number of rotatable bonds is 1. The van der Waals surface area contributed by atoms with E-state index in [2.05, 4.69) is 4.98 Å². The summed E-state index contributed by atoms with van der Waals surface area (Å²) in [5.74, 6) is -0.388. The lowest BCUT2D eigenvalue weighted by Gasteiger charge is -2.12. The minimum Gasteiger partial charge on any atom is -0.291 e. The smallest absolute Gasteiger partial charge is 0.265 e. The standard InChI is InChI=1S/C14H7BClFN2O/c15-11-7-8-5-6-18-13(16)12(8)14(20)19(11)10-3-1-9(17)2-4-10/h1-7H. The topological polar surface area (TPSA) is 34.9 Å². The Bertz CT molecular complexity index is 861. The zero-order valence-corrected chi connectivity index (χ0v) is 10.9. The molecule has 0 bridgehead atoms. The first-order chi connectivity index (χ1) is 9.58. The van der Waals surface area contributed by atoms with E-state index >= 15 is 0 Å². The molecule has 2 radical (unpaired) electrons. The number of aromatic nitrogens is 2. The molecular formula is C14H7BClFN2O. The highest BCUT2D eigenvalue weighted by Crippen LogP contribution is 2.17. The van der Waals surface area contributed by atoms with Crippen molar-refractivity contribution in [3.05, 3.63) is 63.9 Å². The van der Waals surface area contributed by atoms with E-state index < -0.39 is 0 Å². The Morgan fingerprint density at radius 3 is 2.60 bits per heavy atom. The Kier molecular flexibility index (Phi) is 3.06. The van der Waals surface area contributed by atoms with Crippen LogP contribution in [0.3, 0.4) is 0 Å². The van der Waals surface area contributed by atoms with Gasteiger partial charge in [0.2, 0.25) is 0 Å². The third kappa shape index (κ3) is 2.00. The Labute approximate surface area is 120 Å². The quantitative estimate of drug-likeness (QED) is 0.506. The average molecular weight is 284 g/mol. The third-order valence-corrected chi connectivity index (χ3v) is 3.29. The number of benzene rings is 1. The van der Waals surface area contributed by atoms with Gasteiger partial charge in [-0.25, -0.2) is 9.37 Å². The number of nitrogens with zero attached hydrogens (tertiary/aromatic N) is 2. The van der Waals surface area contributed by atoms with Crippen LogP contribution in [0.25, 0.3) is 16.5 Å². The van der Waals surface area contributed by atoms with Crippen molar-refractivity contribution in [2.75, 3.05) is 0 Å². The second-order valence-corrected chi connectivity index (χ2v) is 4.61. The van der Waals surface area contributed by atoms with Crippen molar-refractivity contribution in [2.24, 2.45) is 0 Å². The normalized spacial score (nSPS) is 10.9. The van der Waals surface area contributed by atoms with Gasteiger partial charge in [0.25, 0.3) is 5.56 Å². The molecule has 20 heavy (non-hydrogen) atoms. The number of pyridine rings is 2. The predicted molar refractivity (Wildman–Crippen MR) is 77.7 cm³/mol. The fourth-order valence-corrected chi connectivity index (χ4v) is 2.34. The number of halogens is 2. The van der Waals surface area contributed by atoms with Crippen molar-refractivity contribution in [1.82, 2.24) is 9.55 Å². The first-order valence-corrected chi connectivity index (χ1v) is 6.17. The zero-order chi connectivity index (χ0) is 14.3. The van der Waals surface area contributed by atoms with Crippen LogP contribution in [0.5, 0.6) is 0 Å². The molecule has 6 heteroatoms. The lowest BCUT2D eigenvalue weighted by Crippen LogP contribution is -2.32. The maximum absolute atomic E-state index is 13.0. The van der Waals surface area contributed by atoms with Gasteiger partial charge in [-0.3, -0.25) is 9.36 Å². The fraction of sp³-hybridized carbons (Fsp3) is 0. The molecule has 0 fully saturated rings. The van der Waals surface area contributed by atoms with Crippen molar-refractivity contribution in [3.63, 3.8) is 0 Å². The Hall–Kier alpha value is -2.14. The summed E-state index contributed by atoms with van der Waals surface area (Å²) >= 11 is 5.97. The van der Waals surface area contributed by atoms with Gasteiger partial charge in [0.1, 0.15) is 18.8 Å². The molecule has 96 valence electrons. The Morgan fingerprint density at radius 2 is 1.90 bits per heavy atom. The van der Waals surface area contributed by atoms with Gasteiger partial charge in [-0.1, -0.05) is 11.6 Å². The molecule has 0 saturated carbocycles. The second-order valence-electron chi connectivity index (χ2n) is 4.25. The molecule has 0 unspecified atom stereocenters. The van der Waals surface area contributed by atoms with Gasteiger partial charge in [0.15, 0.2) is 0 Å². The van der Waals surface area contributed by atoms with Crippen molar-refractivity contribution >= 4 is 35.8 Å². The molecule has 0 atom stereocenters. The van der Waals surface area contributed by atoms with Crippen molar-refractivity contribution < 1.29 is 4.39 Å². The summed E-state index contributed by atoms with van der Waals surface area (Å²) in [6, 6.07) is 8.76. The van der Waals surface area contributed by atoms with Crippen LogP contribution < -0.4 is 11.2 Å². The molecule has 0 aliphatic carbocycles. The first-order valence-electron chi connectivity index (χ1n) is 5.79. The molecule has 2 aromatic heterocycles. The van der Waals surface area contributed by atoms with Gasteiger partial charge in [0, 0.05) is 11.9 Å². The summed E-state index contributed by atoms with van der Waals surface area (Å²) in [6.45, 7) is 0. The van der Waals surface area contributed by atoms with E-state index in [1.54, 1.807) is 12.1 Å². The molecule has 0 spiro atoms. The lowest BCUT2D eigenvalue weighted by molar-refractivity contribution is 0.627. The zero-order valence-electron chi connectivity index (χ0n) is 10.2. The molecule has 3 nitrogen and oxygen atoms in total. The van der Waals surface area contributed by atoms with Gasteiger partial charge in [0.05, 0.1) is 5.39 Å². The van der Waals surface area contributed by atoms with Crippen molar-refractivity contribution in [1.29, 1.82) is 0 Å². The van der Waals surface area contributed by atoms with E-state index in [0.717, 1.165) is 0 Å². The largest absolute Gasteiger partial charge is 0.291 e. The van der Waals surface area contributed by atoms with Crippen molar-refractivity contribution in [2.45, 2.75) is 0 Å². The van der Waals surface area contributed by atoms with Crippen LogP contribution in [0, 0.1) is 5.82 Å². The van der Waals surface area contributed by atoms with E-state index in [0.29, 0.717) is 11.1 Å². The molecule has 0 N–H and O–H groups in total. The van der Waals surface area contributed by atoms with E-state index in [-0.39, 0.29) is 27.5 Å². The SMILES string of the molecule is [B]c1cc2ccnc(Cl)c2c(=O)n1-c1ccc(F)cc1. The molecular weight excluding hydrogens is 277 g/mol. The van der Waals surface area contributed by atoms with Gasteiger partial charge < -0.3 is 0 Å². The maximum atomic E-state index is 13.0. The minimum atomic E-state index is -0.388. The molecule has 0 aliphatic rings. The van der Waals surface area contributed by atoms with Gasteiger partial charge >= 0.3 is 0 Å². The highest BCUT2D eigenvalue weighted by atomic mass is 35.5. The van der Waals surface area contributed by atoms with Crippen LogP contribution in [-0.4, -0.2) is 17.4 Å². The Morgan fingerprint density at radius 1 is 1.20 bits per heavy atom. The highest BCUT2D eigenvalue weighted by molar-refractivity contribution is 6.35. The van der Waals surface area contributed by atoms with Crippen LogP contribution in [-0.2, 0) is 0 Å². The van der Waals surface area contributed by atoms with Crippen molar-refractivity contribution in [3.8, 4) is 5.69 Å². The van der Waals surface area contributed by atoms with Gasteiger partial charge in [-0.15, -0.1) is 0 Å². The average Bonchev–Trinajstić information content (AvgIpc) is 2.40. The summed E-state index contributed by atoms with van der Waals surface area (Å²) in [5, 5.41) is 1.02. The summed E-state index contributed by atoms with van der Waals surface area (Å²) in [4.78, 5) is 16.4. The van der Waals surface area contributed by atoms with Crippen LogP contribution in [0.1, 0.15) is 0 Å². The molecule has 0 aliphatic heterocycles. The van der Waals surface area contributed by atoms with E-state index in [4.69, 9.17) is 19.4 Å². The predicted octanol–water partition coefficient (Wildman–Crippen LogP) is 1.97. The number of fused-ring (bicyclic) bond motifs is 1. The summed E-state index contributed by atoms with van der Waals surface area (Å²) < 4.78 is 14.2. The Balaban J connectivity index is 2.39. The molecule has 3 rings (SSSR count). The summed E-state index contributed by atoms with van der Waals surface area (Å²) in [5.41, 5.74) is 0.330. The number of hydrogen-bond donors (Lipinski definition) is 0. The lowest BCUT2D eigenvalue weighted by atomic mass is 10.00. The fourth-order valence-electron chi connectivity index (χ4n) is 2.09. The second kappa shape index (κ2) is 4.76. The summed E-state index contributed by atoms with van der Waals surface area (Å²) in [6.07, 6.45) is 1.51. The van der Waals surface area contributed by atoms with Crippen LogP contribution in [0.2, 0.25) is 5.15 Å². The van der Waals surface area contributed by atoms with Crippen LogP contribution >= 0.6 is 11.6 Å². The third-order valence-electron chi connectivity index (χ3n) is 3.00. The minimum absolute atomic E-state index is 0.114. The van der Waals surface area contributed by atoms with Crippen LogP contribution in [0.4, 0.5) is 4.39 Å². The van der Waals surface area contributed by atoms with E-state index in [9.17, 15) is 9.18 Å². The highest BCUT2D eigenvalue weighted by Gasteiger charge is 2.11. The van der Waals surface area contributed by atoms with Gasteiger partial charge in [-0.2, -0.15) is 0 Å². The monoisotopic (exact) mass is 284 g/mol. The van der Waals surface area contributed by atoms with E-state index in [1.807, 2.05) is 0 Å².